The molecule has 132 valence electrons. The number of benzene rings is 1. The van der Waals surface area contributed by atoms with Gasteiger partial charge in [-0.05, 0) is 12.5 Å². The summed E-state index contributed by atoms with van der Waals surface area (Å²) in [5.41, 5.74) is 0.687. The van der Waals surface area contributed by atoms with Gasteiger partial charge < -0.3 is 20.2 Å². The molecule has 2 heterocycles. The predicted molar refractivity (Wildman–Crippen MR) is 91.6 cm³/mol. The van der Waals surface area contributed by atoms with Gasteiger partial charge in [0, 0.05) is 38.8 Å². The third-order valence-corrected chi connectivity index (χ3v) is 4.42. The molecular formula is C15H21ClN4O4. The van der Waals surface area contributed by atoms with E-state index in [9.17, 15) is 20.0 Å². The fourth-order valence-corrected chi connectivity index (χ4v) is 3.18. The number of aliphatic hydroxyl groups is 1. The number of hydrogen-bond acceptors (Lipinski definition) is 6. The number of halogens is 1. The number of carbonyl (C=O) groups is 1. The van der Waals surface area contributed by atoms with Crippen LogP contribution in [-0.4, -0.2) is 65.7 Å². The number of nitro benzene ring substituents is 1. The number of nitrogens with zero attached hydrogens (tertiary/aromatic N) is 3. The molecule has 2 N–H and O–H groups in total. The summed E-state index contributed by atoms with van der Waals surface area (Å²) in [6, 6.07) is 6.35. The van der Waals surface area contributed by atoms with Crippen LogP contribution in [0.1, 0.15) is 6.42 Å². The summed E-state index contributed by atoms with van der Waals surface area (Å²) in [5, 5.41) is 23.7. The van der Waals surface area contributed by atoms with Crippen molar-refractivity contribution in [3.8, 4) is 0 Å². The SMILES string of the molecule is Cl.O=C(C1CC(O)CN1)N1CCN(c2ccccc2[N+](=O)[O-])CC1. The molecule has 0 saturated carbocycles. The highest BCUT2D eigenvalue weighted by atomic mass is 35.5. The maximum absolute atomic E-state index is 12.4. The number of carbonyl (C=O) groups excluding carboxylic acids is 1. The molecule has 1 aromatic rings. The maximum atomic E-state index is 12.4. The Balaban J connectivity index is 0.00000208. The zero-order chi connectivity index (χ0) is 16.4. The minimum Gasteiger partial charge on any atom is -0.392 e. The number of aliphatic hydroxyl groups excluding tert-OH is 1. The summed E-state index contributed by atoms with van der Waals surface area (Å²) < 4.78 is 0. The van der Waals surface area contributed by atoms with Crippen molar-refractivity contribution in [1.82, 2.24) is 10.2 Å². The fourth-order valence-electron chi connectivity index (χ4n) is 3.18. The van der Waals surface area contributed by atoms with E-state index in [0.717, 1.165) is 0 Å². The van der Waals surface area contributed by atoms with Gasteiger partial charge in [0.15, 0.2) is 0 Å². The normalized spacial score (nSPS) is 23.7. The Bertz CT molecular complexity index is 607. The summed E-state index contributed by atoms with van der Waals surface area (Å²) >= 11 is 0. The van der Waals surface area contributed by atoms with Crippen molar-refractivity contribution in [2.24, 2.45) is 0 Å². The number of hydrogen-bond donors (Lipinski definition) is 2. The van der Waals surface area contributed by atoms with Crippen LogP contribution in [0.25, 0.3) is 0 Å². The Morgan fingerprint density at radius 1 is 1.25 bits per heavy atom. The van der Waals surface area contributed by atoms with Gasteiger partial charge in [0.05, 0.1) is 17.1 Å². The smallest absolute Gasteiger partial charge is 0.292 e. The fraction of sp³-hybridized carbons (Fsp3) is 0.533. The highest BCUT2D eigenvalue weighted by Gasteiger charge is 2.33. The lowest BCUT2D eigenvalue weighted by Gasteiger charge is -2.36. The molecule has 2 unspecified atom stereocenters. The predicted octanol–water partition coefficient (Wildman–Crippen LogP) is 0.388. The molecule has 0 spiro atoms. The largest absolute Gasteiger partial charge is 0.392 e. The van der Waals surface area contributed by atoms with Gasteiger partial charge in [-0.2, -0.15) is 0 Å². The van der Waals surface area contributed by atoms with E-state index in [1.54, 1.807) is 23.1 Å². The van der Waals surface area contributed by atoms with Crippen molar-refractivity contribution in [1.29, 1.82) is 0 Å². The van der Waals surface area contributed by atoms with E-state index >= 15 is 0 Å². The number of amides is 1. The average Bonchev–Trinajstić information content (AvgIpc) is 3.01. The summed E-state index contributed by atoms with van der Waals surface area (Å²) in [6.45, 7) is 2.63. The lowest BCUT2D eigenvalue weighted by atomic mass is 10.1. The first-order valence-corrected chi connectivity index (χ1v) is 7.75. The molecule has 2 saturated heterocycles. The van der Waals surface area contributed by atoms with Crippen LogP contribution in [0.4, 0.5) is 11.4 Å². The molecule has 8 nitrogen and oxygen atoms in total. The highest BCUT2D eigenvalue weighted by Crippen LogP contribution is 2.28. The Labute approximate surface area is 146 Å². The quantitative estimate of drug-likeness (QED) is 0.600. The van der Waals surface area contributed by atoms with Gasteiger partial charge in [0.1, 0.15) is 5.69 Å². The van der Waals surface area contributed by atoms with Crippen molar-refractivity contribution in [2.45, 2.75) is 18.6 Å². The van der Waals surface area contributed by atoms with E-state index in [0.29, 0.717) is 44.8 Å². The van der Waals surface area contributed by atoms with Gasteiger partial charge in [0.25, 0.3) is 5.69 Å². The molecule has 2 aliphatic heterocycles. The Hall–Kier alpha value is -1.90. The average molecular weight is 357 g/mol. The van der Waals surface area contributed by atoms with E-state index in [2.05, 4.69) is 5.32 Å². The van der Waals surface area contributed by atoms with Gasteiger partial charge >= 0.3 is 0 Å². The number of nitro groups is 1. The molecule has 0 aromatic heterocycles. The van der Waals surface area contributed by atoms with Crippen LogP contribution in [-0.2, 0) is 4.79 Å². The van der Waals surface area contributed by atoms with E-state index < -0.39 is 6.10 Å². The molecule has 2 aliphatic rings. The Kier molecular flexibility index (Phi) is 5.98. The second-order valence-electron chi connectivity index (χ2n) is 5.91. The molecule has 0 aliphatic carbocycles. The number of piperazine rings is 1. The van der Waals surface area contributed by atoms with Crippen molar-refractivity contribution in [2.75, 3.05) is 37.6 Å². The molecule has 3 rings (SSSR count). The first kappa shape index (κ1) is 18.4. The van der Waals surface area contributed by atoms with Crippen LogP contribution in [0.2, 0.25) is 0 Å². The summed E-state index contributed by atoms with van der Waals surface area (Å²) in [7, 11) is 0. The monoisotopic (exact) mass is 356 g/mol. The van der Waals surface area contributed by atoms with E-state index in [4.69, 9.17) is 0 Å². The molecule has 24 heavy (non-hydrogen) atoms. The second-order valence-corrected chi connectivity index (χ2v) is 5.91. The molecule has 2 fully saturated rings. The molecule has 0 radical (unpaired) electrons. The zero-order valence-corrected chi connectivity index (χ0v) is 13.9. The third kappa shape index (κ3) is 3.77. The molecule has 1 amide bonds. The van der Waals surface area contributed by atoms with E-state index in [-0.39, 0.29) is 35.0 Å². The standard InChI is InChI=1S/C15H20N4O4.ClH/c20-11-9-12(16-10-11)15(21)18-7-5-17(6-8-18)13-3-1-2-4-14(13)19(22)23;/h1-4,11-12,16,20H,5-10H2;1H. The van der Waals surface area contributed by atoms with Crippen LogP contribution in [0.15, 0.2) is 24.3 Å². The Morgan fingerprint density at radius 3 is 2.50 bits per heavy atom. The third-order valence-electron chi connectivity index (χ3n) is 4.42. The van der Waals surface area contributed by atoms with E-state index in [1.165, 1.54) is 6.07 Å². The zero-order valence-electron chi connectivity index (χ0n) is 13.1. The van der Waals surface area contributed by atoms with Gasteiger partial charge in [-0.25, -0.2) is 0 Å². The number of para-hydroxylation sites is 2. The first-order valence-electron chi connectivity index (χ1n) is 7.75. The first-order chi connectivity index (χ1) is 11.1. The molecule has 2 atom stereocenters. The van der Waals surface area contributed by atoms with Crippen molar-refractivity contribution >= 4 is 29.7 Å². The van der Waals surface area contributed by atoms with Gasteiger partial charge in [-0.1, -0.05) is 12.1 Å². The highest BCUT2D eigenvalue weighted by molar-refractivity contribution is 5.85. The van der Waals surface area contributed by atoms with Crippen molar-refractivity contribution in [3.63, 3.8) is 0 Å². The summed E-state index contributed by atoms with van der Waals surface area (Å²) in [4.78, 5) is 26.8. The van der Waals surface area contributed by atoms with Gasteiger partial charge in [-0.15, -0.1) is 12.4 Å². The summed E-state index contributed by atoms with van der Waals surface area (Å²) in [5.74, 6) is 0.00348. The lowest BCUT2D eigenvalue weighted by Crippen LogP contribution is -2.53. The van der Waals surface area contributed by atoms with Gasteiger partial charge in [0.2, 0.25) is 5.91 Å². The maximum Gasteiger partial charge on any atom is 0.292 e. The topological polar surface area (TPSA) is 99.0 Å². The number of β-amino-alcohol motifs (C(OH)–C–C–N with tert-alkyl or cyclic N) is 1. The minimum absolute atomic E-state index is 0. The van der Waals surface area contributed by atoms with Crippen molar-refractivity contribution < 1.29 is 14.8 Å². The van der Waals surface area contributed by atoms with E-state index in [1.807, 2.05) is 4.90 Å². The van der Waals surface area contributed by atoms with Crippen molar-refractivity contribution in [3.05, 3.63) is 34.4 Å². The molecular weight excluding hydrogens is 336 g/mol. The van der Waals surface area contributed by atoms with Crippen LogP contribution in [0.3, 0.4) is 0 Å². The van der Waals surface area contributed by atoms with Crippen LogP contribution >= 0.6 is 12.4 Å². The number of nitrogens with one attached hydrogen (secondary N) is 1. The summed E-state index contributed by atoms with van der Waals surface area (Å²) in [6.07, 6.45) is -0.0133. The minimum atomic E-state index is -0.461. The number of rotatable bonds is 3. The van der Waals surface area contributed by atoms with Gasteiger partial charge in [-0.3, -0.25) is 14.9 Å². The second kappa shape index (κ2) is 7.78. The molecule has 9 heteroatoms. The van der Waals surface area contributed by atoms with Crippen LogP contribution in [0, 0.1) is 10.1 Å². The number of anilines is 1. The molecule has 0 bridgehead atoms. The Morgan fingerprint density at radius 2 is 1.92 bits per heavy atom. The lowest BCUT2D eigenvalue weighted by molar-refractivity contribution is -0.384. The molecule has 1 aromatic carbocycles. The van der Waals surface area contributed by atoms with Crippen LogP contribution < -0.4 is 10.2 Å². The van der Waals surface area contributed by atoms with Crippen LogP contribution in [0.5, 0.6) is 0 Å².